The van der Waals surface area contributed by atoms with Crippen LogP contribution in [0, 0.1) is 6.92 Å². The van der Waals surface area contributed by atoms with Gasteiger partial charge in [0, 0.05) is 12.4 Å². The first-order valence-corrected chi connectivity index (χ1v) is 7.12. The summed E-state index contributed by atoms with van der Waals surface area (Å²) in [6, 6.07) is 12.2. The maximum absolute atomic E-state index is 5.87. The van der Waals surface area contributed by atoms with Gasteiger partial charge in [0.1, 0.15) is 12.4 Å². The quantitative estimate of drug-likeness (QED) is 0.836. The topological polar surface area (TPSA) is 34.1 Å². The zero-order chi connectivity index (χ0) is 14.2. The van der Waals surface area contributed by atoms with Crippen LogP contribution in [0.15, 0.2) is 48.8 Å². The first-order chi connectivity index (χ1) is 9.79. The molecule has 0 radical (unpaired) electrons. The highest BCUT2D eigenvalue weighted by Gasteiger charge is 2.12. The minimum absolute atomic E-state index is 0.169. The Morgan fingerprint density at radius 3 is 2.70 bits per heavy atom. The van der Waals surface area contributed by atoms with E-state index in [-0.39, 0.29) is 6.04 Å². The maximum atomic E-state index is 5.87. The van der Waals surface area contributed by atoms with E-state index < -0.39 is 0 Å². The van der Waals surface area contributed by atoms with Crippen LogP contribution in [0.4, 0.5) is 0 Å². The molecule has 2 rings (SSSR count). The van der Waals surface area contributed by atoms with Gasteiger partial charge in [0.15, 0.2) is 0 Å². The molecule has 0 amide bonds. The number of hydrogen-bond donors (Lipinski definition) is 1. The van der Waals surface area contributed by atoms with Crippen molar-refractivity contribution >= 4 is 0 Å². The number of pyridine rings is 1. The van der Waals surface area contributed by atoms with Crippen molar-refractivity contribution < 1.29 is 4.74 Å². The van der Waals surface area contributed by atoms with Gasteiger partial charge < -0.3 is 10.1 Å². The van der Waals surface area contributed by atoms with E-state index in [9.17, 15) is 0 Å². The van der Waals surface area contributed by atoms with Gasteiger partial charge in [-0.05, 0) is 43.1 Å². The fraction of sp³-hybridized carbons (Fsp3) is 0.353. The van der Waals surface area contributed by atoms with Crippen LogP contribution in [0.25, 0.3) is 0 Å². The van der Waals surface area contributed by atoms with Gasteiger partial charge in [0.25, 0.3) is 0 Å². The second-order valence-electron chi connectivity index (χ2n) is 4.93. The van der Waals surface area contributed by atoms with Gasteiger partial charge in [-0.2, -0.15) is 0 Å². The number of para-hydroxylation sites is 1. The summed E-state index contributed by atoms with van der Waals surface area (Å²) in [5.41, 5.74) is 2.35. The summed E-state index contributed by atoms with van der Waals surface area (Å²) in [6.07, 6.45) is 4.88. The summed E-state index contributed by atoms with van der Waals surface area (Å²) >= 11 is 0. The van der Waals surface area contributed by atoms with Gasteiger partial charge in [0.05, 0.1) is 6.04 Å². The SMILES string of the molecule is CCCNC(COc1ccccc1)c1cncc(C)c1. The number of benzene rings is 1. The number of nitrogens with one attached hydrogen (secondary N) is 1. The van der Waals surface area contributed by atoms with Crippen molar-refractivity contribution in [1.29, 1.82) is 0 Å². The minimum atomic E-state index is 0.169. The molecule has 20 heavy (non-hydrogen) atoms. The predicted octanol–water partition coefficient (Wildman–Crippen LogP) is 3.51. The van der Waals surface area contributed by atoms with Crippen LogP contribution in [-0.2, 0) is 0 Å². The third-order valence-electron chi connectivity index (χ3n) is 3.10. The van der Waals surface area contributed by atoms with Crippen LogP contribution in [0.1, 0.15) is 30.5 Å². The van der Waals surface area contributed by atoms with Crippen molar-refractivity contribution in [2.45, 2.75) is 26.3 Å². The molecule has 0 bridgehead atoms. The third-order valence-corrected chi connectivity index (χ3v) is 3.10. The first kappa shape index (κ1) is 14.5. The van der Waals surface area contributed by atoms with Crippen LogP contribution in [0.5, 0.6) is 5.75 Å². The molecule has 3 heteroatoms. The van der Waals surface area contributed by atoms with E-state index in [2.05, 4.69) is 30.2 Å². The molecule has 1 aromatic carbocycles. The van der Waals surface area contributed by atoms with Gasteiger partial charge in [-0.15, -0.1) is 0 Å². The highest BCUT2D eigenvalue weighted by molar-refractivity contribution is 5.23. The maximum Gasteiger partial charge on any atom is 0.119 e. The average molecular weight is 270 g/mol. The highest BCUT2D eigenvalue weighted by atomic mass is 16.5. The summed E-state index contributed by atoms with van der Waals surface area (Å²) in [4.78, 5) is 4.27. The number of rotatable bonds is 7. The van der Waals surface area contributed by atoms with E-state index in [1.807, 2.05) is 42.7 Å². The number of aromatic nitrogens is 1. The van der Waals surface area contributed by atoms with Gasteiger partial charge in [-0.1, -0.05) is 31.2 Å². The molecule has 2 aromatic rings. The Balaban J connectivity index is 2.03. The predicted molar refractivity (Wildman–Crippen MR) is 81.9 cm³/mol. The van der Waals surface area contributed by atoms with Crippen LogP contribution in [-0.4, -0.2) is 18.1 Å². The Morgan fingerprint density at radius 1 is 1.20 bits per heavy atom. The van der Waals surface area contributed by atoms with Crippen molar-refractivity contribution in [2.24, 2.45) is 0 Å². The van der Waals surface area contributed by atoms with Crippen molar-refractivity contribution in [3.63, 3.8) is 0 Å². The Labute approximate surface area is 121 Å². The van der Waals surface area contributed by atoms with E-state index in [0.717, 1.165) is 18.7 Å². The van der Waals surface area contributed by atoms with Crippen molar-refractivity contribution in [2.75, 3.05) is 13.2 Å². The molecule has 1 unspecified atom stereocenters. The molecule has 1 aromatic heterocycles. The Hall–Kier alpha value is -1.87. The van der Waals surface area contributed by atoms with E-state index >= 15 is 0 Å². The summed E-state index contributed by atoms with van der Waals surface area (Å²) in [6.45, 7) is 5.80. The van der Waals surface area contributed by atoms with Crippen LogP contribution in [0.3, 0.4) is 0 Å². The molecule has 106 valence electrons. The van der Waals surface area contributed by atoms with Gasteiger partial charge in [-0.25, -0.2) is 0 Å². The third kappa shape index (κ3) is 4.35. The molecule has 1 N–H and O–H groups in total. The zero-order valence-corrected chi connectivity index (χ0v) is 12.2. The lowest BCUT2D eigenvalue weighted by Gasteiger charge is -2.19. The van der Waals surface area contributed by atoms with E-state index in [1.54, 1.807) is 0 Å². The molecule has 0 saturated heterocycles. The Kier molecular flexibility index (Phi) is 5.56. The Bertz CT molecular complexity index is 513. The van der Waals surface area contributed by atoms with E-state index in [1.165, 1.54) is 11.1 Å². The monoisotopic (exact) mass is 270 g/mol. The molecular weight excluding hydrogens is 248 g/mol. The number of hydrogen-bond acceptors (Lipinski definition) is 3. The summed E-state index contributed by atoms with van der Waals surface area (Å²) in [5.74, 6) is 0.899. The fourth-order valence-corrected chi connectivity index (χ4v) is 2.06. The zero-order valence-electron chi connectivity index (χ0n) is 12.2. The molecule has 0 aliphatic rings. The molecule has 0 aliphatic carbocycles. The van der Waals surface area contributed by atoms with Crippen LogP contribution < -0.4 is 10.1 Å². The van der Waals surface area contributed by atoms with Crippen LogP contribution in [0.2, 0.25) is 0 Å². The smallest absolute Gasteiger partial charge is 0.119 e. The number of aryl methyl sites for hydroxylation is 1. The first-order valence-electron chi connectivity index (χ1n) is 7.12. The lowest BCUT2D eigenvalue weighted by molar-refractivity contribution is 0.266. The summed E-state index contributed by atoms with van der Waals surface area (Å²) in [5, 5.41) is 3.52. The lowest BCUT2D eigenvalue weighted by Crippen LogP contribution is -2.27. The summed E-state index contributed by atoms with van der Waals surface area (Å²) < 4.78 is 5.87. The second kappa shape index (κ2) is 7.65. The van der Waals surface area contributed by atoms with Crippen LogP contribution >= 0.6 is 0 Å². The molecule has 1 atom stereocenters. The molecule has 0 saturated carbocycles. The highest BCUT2D eigenvalue weighted by Crippen LogP contribution is 2.16. The van der Waals surface area contributed by atoms with E-state index in [0.29, 0.717) is 6.61 Å². The van der Waals surface area contributed by atoms with Gasteiger partial charge in [-0.3, -0.25) is 4.98 Å². The number of ether oxygens (including phenoxy) is 1. The largest absolute Gasteiger partial charge is 0.492 e. The molecule has 0 fully saturated rings. The minimum Gasteiger partial charge on any atom is -0.492 e. The van der Waals surface area contributed by atoms with Crippen molar-refractivity contribution in [3.8, 4) is 5.75 Å². The molecule has 0 aliphatic heterocycles. The second-order valence-corrected chi connectivity index (χ2v) is 4.93. The fourth-order valence-electron chi connectivity index (χ4n) is 2.06. The van der Waals surface area contributed by atoms with Gasteiger partial charge in [0.2, 0.25) is 0 Å². The molecule has 0 spiro atoms. The van der Waals surface area contributed by atoms with Crippen molar-refractivity contribution in [3.05, 3.63) is 59.9 Å². The van der Waals surface area contributed by atoms with E-state index in [4.69, 9.17) is 4.74 Å². The molecule has 3 nitrogen and oxygen atoms in total. The lowest BCUT2D eigenvalue weighted by atomic mass is 10.1. The van der Waals surface area contributed by atoms with Crippen molar-refractivity contribution in [1.82, 2.24) is 10.3 Å². The average Bonchev–Trinajstić information content (AvgIpc) is 2.48. The Morgan fingerprint density at radius 2 is 2.00 bits per heavy atom. The number of nitrogens with zero attached hydrogens (tertiary/aromatic N) is 1. The standard InChI is InChI=1S/C17H22N2O/c1-3-9-19-17(15-10-14(2)11-18-12-15)13-20-16-7-5-4-6-8-16/h4-8,10-12,17,19H,3,9,13H2,1-2H3. The summed E-state index contributed by atoms with van der Waals surface area (Å²) in [7, 11) is 0. The molecular formula is C17H22N2O. The molecule has 1 heterocycles. The van der Waals surface area contributed by atoms with Gasteiger partial charge >= 0.3 is 0 Å². The normalized spacial score (nSPS) is 12.1.